The molecule has 0 bridgehead atoms. The van der Waals surface area contributed by atoms with E-state index in [0.29, 0.717) is 6.61 Å². The predicted molar refractivity (Wildman–Crippen MR) is 51.9 cm³/mol. The van der Waals surface area contributed by atoms with Gasteiger partial charge in [-0.3, -0.25) is 10.1 Å². The summed E-state index contributed by atoms with van der Waals surface area (Å²) in [6, 6.07) is 0. The monoisotopic (exact) mass is 196 g/mol. The molecular weight excluding hydrogens is 184 g/mol. The van der Waals surface area contributed by atoms with Crippen LogP contribution in [-0.2, 0) is 4.74 Å². The molecule has 1 atom stereocenters. The Bertz CT molecular complexity index is 307. The van der Waals surface area contributed by atoms with Gasteiger partial charge in [-0.25, -0.2) is 0 Å². The van der Waals surface area contributed by atoms with Crippen LogP contribution in [-0.4, -0.2) is 23.8 Å². The first-order chi connectivity index (χ1) is 6.66. The molecule has 0 aromatic carbocycles. The van der Waals surface area contributed by atoms with Crippen molar-refractivity contribution in [3.8, 4) is 0 Å². The van der Waals surface area contributed by atoms with Gasteiger partial charge in [-0.2, -0.15) is 0 Å². The lowest BCUT2D eigenvalue weighted by molar-refractivity contribution is -0.432. The maximum Gasteiger partial charge on any atom is 0.257 e. The van der Waals surface area contributed by atoms with E-state index >= 15 is 0 Å². The summed E-state index contributed by atoms with van der Waals surface area (Å²) in [6.45, 7) is 2.52. The van der Waals surface area contributed by atoms with Gasteiger partial charge in [0, 0.05) is 18.4 Å². The maximum absolute atomic E-state index is 10.6. The summed E-state index contributed by atoms with van der Waals surface area (Å²) in [5, 5.41) is 18.2. The van der Waals surface area contributed by atoms with Gasteiger partial charge in [0.05, 0.1) is 11.5 Å². The Labute approximate surface area is 81.7 Å². The van der Waals surface area contributed by atoms with Crippen LogP contribution in [0, 0.1) is 21.4 Å². The third-order valence-corrected chi connectivity index (χ3v) is 1.97. The van der Waals surface area contributed by atoms with Crippen molar-refractivity contribution in [1.82, 2.24) is 0 Å². The fourth-order valence-corrected chi connectivity index (χ4v) is 1.24. The number of hydrogen-bond donors (Lipinski definition) is 1. The first-order valence-electron chi connectivity index (χ1n) is 4.35. The van der Waals surface area contributed by atoms with Crippen LogP contribution in [0.4, 0.5) is 0 Å². The Kier molecular flexibility index (Phi) is 3.53. The van der Waals surface area contributed by atoms with Crippen molar-refractivity contribution in [2.75, 3.05) is 13.2 Å². The zero-order valence-corrected chi connectivity index (χ0v) is 7.90. The molecule has 76 valence electrons. The number of nitrogens with one attached hydrogen (secondary N) is 1. The summed E-state index contributed by atoms with van der Waals surface area (Å²) < 4.78 is 5.10. The standard InChI is InChI=1S/C9H12N2O3/c1-2-14-6-7-8(10)4-3-5-9(7)11(12)13/h3-5,7,10H,2,6H2,1H3. The molecular formula is C9H12N2O3. The van der Waals surface area contributed by atoms with Gasteiger partial charge in [0.1, 0.15) is 5.92 Å². The molecule has 1 aliphatic carbocycles. The maximum atomic E-state index is 10.6. The van der Waals surface area contributed by atoms with Gasteiger partial charge in [-0.15, -0.1) is 0 Å². The van der Waals surface area contributed by atoms with E-state index in [1.54, 1.807) is 6.08 Å². The number of allylic oxidation sites excluding steroid dienone is 3. The molecule has 0 aromatic heterocycles. The first-order valence-corrected chi connectivity index (χ1v) is 4.35. The van der Waals surface area contributed by atoms with E-state index in [2.05, 4.69) is 0 Å². The average Bonchev–Trinajstić information content (AvgIpc) is 2.15. The molecule has 5 nitrogen and oxygen atoms in total. The quantitative estimate of drug-likeness (QED) is 0.545. The summed E-state index contributed by atoms with van der Waals surface area (Å²) in [7, 11) is 0. The normalized spacial score (nSPS) is 20.8. The molecule has 0 aromatic rings. The third kappa shape index (κ3) is 2.26. The summed E-state index contributed by atoms with van der Waals surface area (Å²) in [5.41, 5.74) is 0.263. The SMILES string of the molecule is CCOCC1C(=N)C=CC=C1[N+](=O)[O-]. The highest BCUT2D eigenvalue weighted by Gasteiger charge is 2.29. The van der Waals surface area contributed by atoms with Crippen LogP contribution in [0.3, 0.4) is 0 Å². The van der Waals surface area contributed by atoms with Gasteiger partial charge in [0.2, 0.25) is 0 Å². The molecule has 0 heterocycles. The molecule has 1 unspecified atom stereocenters. The van der Waals surface area contributed by atoms with Gasteiger partial charge < -0.3 is 10.1 Å². The van der Waals surface area contributed by atoms with Crippen molar-refractivity contribution in [3.05, 3.63) is 34.0 Å². The van der Waals surface area contributed by atoms with Gasteiger partial charge in [-0.05, 0) is 13.0 Å². The highest BCUT2D eigenvalue weighted by Crippen LogP contribution is 2.18. The van der Waals surface area contributed by atoms with E-state index < -0.39 is 10.8 Å². The van der Waals surface area contributed by atoms with E-state index in [1.165, 1.54) is 12.2 Å². The Morgan fingerprint density at radius 3 is 3.00 bits per heavy atom. The minimum Gasteiger partial charge on any atom is -0.380 e. The van der Waals surface area contributed by atoms with Crippen LogP contribution in [0.15, 0.2) is 23.9 Å². The molecule has 0 spiro atoms. The molecule has 14 heavy (non-hydrogen) atoms. The number of rotatable bonds is 4. The van der Waals surface area contributed by atoms with Crippen LogP contribution in [0.25, 0.3) is 0 Å². The molecule has 0 aliphatic heterocycles. The van der Waals surface area contributed by atoms with Crippen molar-refractivity contribution >= 4 is 5.71 Å². The summed E-state index contributed by atoms with van der Waals surface area (Å²) in [4.78, 5) is 10.2. The Hall–Kier alpha value is -1.49. The van der Waals surface area contributed by atoms with Gasteiger partial charge in [-0.1, -0.05) is 6.08 Å². The number of ether oxygens (including phenoxy) is 1. The molecule has 5 heteroatoms. The Morgan fingerprint density at radius 2 is 2.43 bits per heavy atom. The summed E-state index contributed by atoms with van der Waals surface area (Å²) in [5.74, 6) is -0.532. The Balaban J connectivity index is 2.78. The summed E-state index contributed by atoms with van der Waals surface area (Å²) in [6.07, 6.45) is 4.49. The molecule has 0 saturated heterocycles. The van der Waals surface area contributed by atoms with Crippen LogP contribution in [0.1, 0.15) is 6.92 Å². The van der Waals surface area contributed by atoms with Crippen LogP contribution in [0.5, 0.6) is 0 Å². The highest BCUT2D eigenvalue weighted by molar-refractivity contribution is 5.97. The van der Waals surface area contributed by atoms with Crippen molar-refractivity contribution < 1.29 is 9.66 Å². The molecule has 1 N–H and O–H groups in total. The fourth-order valence-electron chi connectivity index (χ4n) is 1.24. The highest BCUT2D eigenvalue weighted by atomic mass is 16.6. The zero-order chi connectivity index (χ0) is 10.6. The second-order valence-electron chi connectivity index (χ2n) is 2.88. The average molecular weight is 196 g/mol. The lowest BCUT2D eigenvalue weighted by Gasteiger charge is -2.15. The second kappa shape index (κ2) is 4.66. The number of hydrogen-bond acceptors (Lipinski definition) is 4. The number of nitrogens with zero attached hydrogens (tertiary/aromatic N) is 1. The van der Waals surface area contributed by atoms with E-state index in [0.717, 1.165) is 0 Å². The predicted octanol–water partition coefficient (Wildman–Crippen LogP) is 1.39. The number of nitro groups is 1. The zero-order valence-electron chi connectivity index (χ0n) is 7.90. The molecule has 0 amide bonds. The van der Waals surface area contributed by atoms with E-state index in [4.69, 9.17) is 10.1 Å². The second-order valence-corrected chi connectivity index (χ2v) is 2.88. The van der Waals surface area contributed by atoms with E-state index in [1.807, 2.05) is 6.92 Å². The minimum atomic E-state index is -0.532. The largest absolute Gasteiger partial charge is 0.380 e. The third-order valence-electron chi connectivity index (χ3n) is 1.97. The molecule has 1 aliphatic rings. The lowest BCUT2D eigenvalue weighted by Crippen LogP contribution is -2.26. The molecule has 0 saturated carbocycles. The molecule has 1 rings (SSSR count). The van der Waals surface area contributed by atoms with Crippen LogP contribution >= 0.6 is 0 Å². The van der Waals surface area contributed by atoms with E-state index in [9.17, 15) is 10.1 Å². The van der Waals surface area contributed by atoms with Crippen LogP contribution in [0.2, 0.25) is 0 Å². The van der Waals surface area contributed by atoms with Crippen molar-refractivity contribution in [2.45, 2.75) is 6.92 Å². The molecule has 0 radical (unpaired) electrons. The lowest BCUT2D eigenvalue weighted by atomic mass is 9.96. The van der Waals surface area contributed by atoms with E-state index in [-0.39, 0.29) is 18.0 Å². The minimum absolute atomic E-state index is 0.0333. The fraction of sp³-hybridized carbons (Fsp3) is 0.444. The smallest absolute Gasteiger partial charge is 0.257 e. The van der Waals surface area contributed by atoms with Gasteiger partial charge >= 0.3 is 0 Å². The van der Waals surface area contributed by atoms with Crippen LogP contribution < -0.4 is 0 Å². The van der Waals surface area contributed by atoms with Crippen molar-refractivity contribution in [1.29, 1.82) is 5.41 Å². The van der Waals surface area contributed by atoms with Gasteiger partial charge in [0.25, 0.3) is 5.70 Å². The van der Waals surface area contributed by atoms with Gasteiger partial charge in [0.15, 0.2) is 0 Å². The summed E-state index contributed by atoms with van der Waals surface area (Å²) >= 11 is 0. The topological polar surface area (TPSA) is 76.2 Å². The van der Waals surface area contributed by atoms with Crippen molar-refractivity contribution in [2.24, 2.45) is 5.92 Å². The Morgan fingerprint density at radius 1 is 1.71 bits per heavy atom. The molecule has 0 fully saturated rings. The first kappa shape index (κ1) is 10.6. The van der Waals surface area contributed by atoms with Crippen molar-refractivity contribution in [3.63, 3.8) is 0 Å².